The second kappa shape index (κ2) is 7.62. The van der Waals surface area contributed by atoms with Crippen LogP contribution < -0.4 is 15.1 Å². The van der Waals surface area contributed by atoms with Crippen LogP contribution in [0.5, 0.6) is 0 Å². The van der Waals surface area contributed by atoms with Crippen LogP contribution in [0.15, 0.2) is 53.5 Å². The van der Waals surface area contributed by atoms with E-state index in [-0.39, 0.29) is 5.91 Å². The van der Waals surface area contributed by atoms with Crippen LogP contribution in [0.3, 0.4) is 0 Å². The number of carbonyl (C=O) groups excluding carboxylic acids is 1. The van der Waals surface area contributed by atoms with Crippen LogP contribution in [0, 0.1) is 5.92 Å². The van der Waals surface area contributed by atoms with Crippen molar-refractivity contribution in [1.82, 2.24) is 15.1 Å². The number of hydrogen-bond acceptors (Lipinski definition) is 7. The van der Waals surface area contributed by atoms with E-state index in [1.807, 2.05) is 12.3 Å². The summed E-state index contributed by atoms with van der Waals surface area (Å²) in [6.07, 6.45) is 8.95. The van der Waals surface area contributed by atoms with Gasteiger partial charge in [0.1, 0.15) is 12.0 Å². The predicted octanol–water partition coefficient (Wildman–Crippen LogP) is 3.37. The zero-order chi connectivity index (χ0) is 21.5. The molecule has 1 saturated carbocycles. The second-order valence-corrected chi connectivity index (χ2v) is 9.07. The molecule has 3 aliphatic rings. The molecule has 2 fully saturated rings. The van der Waals surface area contributed by atoms with Crippen molar-refractivity contribution in [2.24, 2.45) is 5.92 Å². The van der Waals surface area contributed by atoms with Gasteiger partial charge in [0, 0.05) is 37.1 Å². The van der Waals surface area contributed by atoms with Crippen LogP contribution in [-0.4, -0.2) is 40.7 Å². The van der Waals surface area contributed by atoms with Gasteiger partial charge in [0.25, 0.3) is 0 Å². The number of benzene rings is 1. The summed E-state index contributed by atoms with van der Waals surface area (Å²) in [5.41, 5.74) is 3.08. The quantitative estimate of drug-likeness (QED) is 0.664. The van der Waals surface area contributed by atoms with Gasteiger partial charge in [-0.3, -0.25) is 4.79 Å². The molecule has 4 heterocycles. The maximum Gasteiger partial charge on any atom is 0.239 e. The van der Waals surface area contributed by atoms with E-state index in [1.54, 1.807) is 11.1 Å². The Hall–Kier alpha value is -3.42. The molecule has 6 rings (SSSR count). The molecule has 0 atom stereocenters. The number of carbonyl (C=O) groups is 1. The lowest BCUT2D eigenvalue weighted by Crippen LogP contribution is -2.56. The van der Waals surface area contributed by atoms with E-state index in [0.29, 0.717) is 31.0 Å². The molecule has 1 amide bonds. The van der Waals surface area contributed by atoms with Gasteiger partial charge < -0.3 is 19.6 Å². The first-order chi connectivity index (χ1) is 15.7. The van der Waals surface area contributed by atoms with E-state index < -0.39 is 5.41 Å². The minimum atomic E-state index is -0.672. The third kappa shape index (κ3) is 3.30. The predicted molar refractivity (Wildman–Crippen MR) is 121 cm³/mol. The highest BCUT2D eigenvalue weighted by Crippen LogP contribution is 2.44. The first kappa shape index (κ1) is 19.3. The Bertz CT molecular complexity index is 1100. The van der Waals surface area contributed by atoms with Crippen LogP contribution in [0.4, 0.5) is 17.3 Å². The zero-order valence-electron chi connectivity index (χ0n) is 17.9. The van der Waals surface area contributed by atoms with Gasteiger partial charge in [-0.25, -0.2) is 9.97 Å². The van der Waals surface area contributed by atoms with Crippen molar-refractivity contribution in [2.75, 3.05) is 34.8 Å². The molecule has 1 spiro atoms. The Morgan fingerprint density at radius 2 is 1.91 bits per heavy atom. The van der Waals surface area contributed by atoms with E-state index in [4.69, 9.17) is 9.51 Å². The van der Waals surface area contributed by atoms with E-state index >= 15 is 0 Å². The van der Waals surface area contributed by atoms with Gasteiger partial charge in [-0.2, -0.15) is 0 Å². The Morgan fingerprint density at radius 1 is 1.09 bits per heavy atom. The largest absolute Gasteiger partial charge is 0.371 e. The van der Waals surface area contributed by atoms with Gasteiger partial charge >= 0.3 is 0 Å². The topological polar surface area (TPSA) is 87.4 Å². The van der Waals surface area contributed by atoms with Crippen molar-refractivity contribution >= 4 is 23.2 Å². The monoisotopic (exact) mass is 430 g/mol. The molecule has 1 saturated heterocycles. The summed E-state index contributed by atoms with van der Waals surface area (Å²) in [4.78, 5) is 27.6. The smallest absolute Gasteiger partial charge is 0.239 e. The van der Waals surface area contributed by atoms with Gasteiger partial charge in [0.2, 0.25) is 11.9 Å². The van der Waals surface area contributed by atoms with Crippen molar-refractivity contribution in [2.45, 2.75) is 37.6 Å². The summed E-state index contributed by atoms with van der Waals surface area (Å²) in [5.74, 6) is 1.43. The number of amides is 1. The zero-order valence-corrected chi connectivity index (χ0v) is 17.9. The summed E-state index contributed by atoms with van der Waals surface area (Å²) in [6, 6.07) is 10.4. The molecule has 0 radical (unpaired) electrons. The maximum absolute atomic E-state index is 14.0. The second-order valence-electron chi connectivity index (χ2n) is 9.07. The average Bonchev–Trinajstić information content (AvgIpc) is 3.52. The molecule has 8 heteroatoms. The highest BCUT2D eigenvalue weighted by Gasteiger charge is 2.51. The summed E-state index contributed by atoms with van der Waals surface area (Å²) >= 11 is 0. The van der Waals surface area contributed by atoms with Crippen molar-refractivity contribution in [3.63, 3.8) is 0 Å². The summed E-state index contributed by atoms with van der Waals surface area (Å²) < 4.78 is 5.04. The molecule has 32 heavy (non-hydrogen) atoms. The molecule has 0 bridgehead atoms. The number of aromatic nitrogens is 3. The Labute approximate surface area is 186 Å². The maximum atomic E-state index is 14.0. The molecule has 1 N–H and O–H groups in total. The number of nitrogens with one attached hydrogen (secondary N) is 1. The summed E-state index contributed by atoms with van der Waals surface area (Å²) in [6.45, 7) is 2.92. The molecule has 0 unspecified atom stereocenters. The highest BCUT2D eigenvalue weighted by molar-refractivity contribution is 6.02. The molecule has 2 aromatic heterocycles. The number of fused-ring (bicyclic) bond motifs is 2. The first-order valence-electron chi connectivity index (χ1n) is 11.3. The number of rotatable bonds is 5. The molecule has 1 aliphatic carbocycles. The molecular formula is C24H26N6O2. The van der Waals surface area contributed by atoms with E-state index in [1.165, 1.54) is 24.8 Å². The number of piperidine rings is 1. The average molecular weight is 431 g/mol. The van der Waals surface area contributed by atoms with Crippen LogP contribution in [0.2, 0.25) is 0 Å². The van der Waals surface area contributed by atoms with E-state index in [2.05, 4.69) is 44.6 Å². The molecule has 2 aliphatic heterocycles. The third-order valence-electron chi connectivity index (χ3n) is 7.02. The van der Waals surface area contributed by atoms with Crippen molar-refractivity contribution < 1.29 is 9.32 Å². The molecule has 164 valence electrons. The standard InChI is InChI=1S/C24H26N6O2/c31-22-24(8-10-29(11-9-24)19-4-2-1-3-5-19)21-18(15-30(22)20-14-27-32-16-20)13-26-23(28-21)25-12-17-6-7-17/h1-5,13-14,16-17H,6-12,15H2,(H,25,26,28). The fourth-order valence-electron chi connectivity index (χ4n) is 4.96. The molecule has 8 nitrogen and oxygen atoms in total. The van der Waals surface area contributed by atoms with Crippen LogP contribution in [-0.2, 0) is 16.8 Å². The van der Waals surface area contributed by atoms with Gasteiger partial charge in [-0.1, -0.05) is 23.4 Å². The molecule has 3 aromatic rings. The van der Waals surface area contributed by atoms with Gasteiger partial charge in [-0.05, 0) is 43.7 Å². The van der Waals surface area contributed by atoms with Crippen LogP contribution >= 0.6 is 0 Å². The first-order valence-corrected chi connectivity index (χ1v) is 11.3. The minimum absolute atomic E-state index is 0.0766. The minimum Gasteiger partial charge on any atom is -0.371 e. The number of anilines is 3. The fraction of sp³-hybridized carbons (Fsp3) is 0.417. The Kier molecular flexibility index (Phi) is 4.59. The van der Waals surface area contributed by atoms with E-state index in [0.717, 1.165) is 36.8 Å². The lowest BCUT2D eigenvalue weighted by Gasteiger charge is -2.46. The van der Waals surface area contributed by atoms with Crippen LogP contribution in [0.1, 0.15) is 36.9 Å². The number of para-hydroxylation sites is 1. The van der Waals surface area contributed by atoms with E-state index in [9.17, 15) is 4.79 Å². The Morgan fingerprint density at radius 3 is 2.62 bits per heavy atom. The van der Waals surface area contributed by atoms with Crippen molar-refractivity contribution in [3.05, 3.63) is 60.2 Å². The number of hydrogen-bond donors (Lipinski definition) is 1. The normalized spacial score (nSPS) is 19.8. The molecular weight excluding hydrogens is 404 g/mol. The summed E-state index contributed by atoms with van der Waals surface area (Å²) in [7, 11) is 0. The highest BCUT2D eigenvalue weighted by atomic mass is 16.5. The SMILES string of the molecule is O=C1N(c2cnoc2)Cc2cnc(NCC3CC3)nc2C12CCN(c1ccccc1)CC2. The third-order valence-corrected chi connectivity index (χ3v) is 7.02. The van der Waals surface area contributed by atoms with Gasteiger partial charge in [0.05, 0.1) is 23.9 Å². The van der Waals surface area contributed by atoms with Gasteiger partial charge in [0.15, 0.2) is 0 Å². The number of nitrogens with zero attached hydrogens (tertiary/aromatic N) is 5. The lowest BCUT2D eigenvalue weighted by molar-refractivity contribution is -0.125. The van der Waals surface area contributed by atoms with Gasteiger partial charge in [-0.15, -0.1) is 0 Å². The van der Waals surface area contributed by atoms with Crippen molar-refractivity contribution in [1.29, 1.82) is 0 Å². The lowest BCUT2D eigenvalue weighted by atomic mass is 9.70. The summed E-state index contributed by atoms with van der Waals surface area (Å²) in [5, 5.41) is 7.20. The van der Waals surface area contributed by atoms with Crippen LogP contribution in [0.25, 0.3) is 0 Å². The van der Waals surface area contributed by atoms with Crippen molar-refractivity contribution in [3.8, 4) is 0 Å². The molecule has 1 aromatic carbocycles. The fourth-order valence-corrected chi connectivity index (χ4v) is 4.96. The Balaban J connectivity index is 1.35.